The third kappa shape index (κ3) is 5.37. The summed E-state index contributed by atoms with van der Waals surface area (Å²) >= 11 is 0. The molecular weight excluding hydrogens is 337 g/mol. The number of piperazine rings is 1. The average Bonchev–Trinajstić information content (AvgIpc) is 2.47. The van der Waals surface area contributed by atoms with Gasteiger partial charge in [-0.15, -0.1) is 0 Å². The van der Waals surface area contributed by atoms with Gasteiger partial charge >= 0.3 is 12.3 Å². The van der Waals surface area contributed by atoms with Crippen LogP contribution in [0.1, 0.15) is 31.9 Å². The first kappa shape index (κ1) is 19.1. The summed E-state index contributed by atoms with van der Waals surface area (Å²) in [6.45, 7) is 5.96. The van der Waals surface area contributed by atoms with Crippen LogP contribution in [0.15, 0.2) is 24.3 Å². The van der Waals surface area contributed by atoms with E-state index in [1.165, 1.54) is 21.9 Å². The van der Waals surface area contributed by atoms with Crippen LogP contribution in [0.2, 0.25) is 0 Å². The Morgan fingerprint density at radius 1 is 1.12 bits per heavy atom. The third-order valence-electron chi connectivity index (χ3n) is 3.63. The molecule has 2 amide bonds. The monoisotopic (exact) mass is 358 g/mol. The number of carbonyl (C=O) groups is 2. The molecule has 0 unspecified atom stereocenters. The molecule has 1 aliphatic heterocycles. The molecule has 0 radical (unpaired) electrons. The zero-order chi connectivity index (χ0) is 18.8. The van der Waals surface area contributed by atoms with Crippen LogP contribution < -0.4 is 0 Å². The van der Waals surface area contributed by atoms with Gasteiger partial charge in [-0.25, -0.2) is 4.79 Å². The summed E-state index contributed by atoms with van der Waals surface area (Å²) in [5.74, 6) is -0.267. The normalized spacial score (nSPS) is 16.2. The lowest BCUT2D eigenvalue weighted by Crippen LogP contribution is -2.52. The molecule has 0 aliphatic carbocycles. The second kappa shape index (κ2) is 6.93. The number of hydrogen-bond donors (Lipinski definition) is 0. The van der Waals surface area contributed by atoms with E-state index in [4.69, 9.17) is 4.74 Å². The number of ether oxygens (including phenoxy) is 1. The third-order valence-corrected chi connectivity index (χ3v) is 3.63. The van der Waals surface area contributed by atoms with Gasteiger partial charge in [-0.3, -0.25) is 9.69 Å². The van der Waals surface area contributed by atoms with E-state index < -0.39 is 23.4 Å². The maximum Gasteiger partial charge on any atom is 0.416 e. The largest absolute Gasteiger partial charge is 0.444 e. The fraction of sp³-hybridized carbons (Fsp3) is 0.529. The number of carbonyl (C=O) groups excluding carboxylic acids is 2. The second-order valence-electron chi connectivity index (χ2n) is 6.91. The molecule has 0 spiro atoms. The predicted octanol–water partition coefficient (Wildman–Crippen LogP) is 3.28. The highest BCUT2D eigenvalue weighted by Gasteiger charge is 2.31. The highest BCUT2D eigenvalue weighted by Crippen LogP contribution is 2.29. The molecular formula is C17H21F3N2O3. The molecule has 138 valence electrons. The number of hydrogen-bond acceptors (Lipinski definition) is 3. The molecule has 8 heteroatoms. The van der Waals surface area contributed by atoms with Crippen LogP contribution >= 0.6 is 0 Å². The Morgan fingerprint density at radius 2 is 1.72 bits per heavy atom. The van der Waals surface area contributed by atoms with Gasteiger partial charge < -0.3 is 9.64 Å². The van der Waals surface area contributed by atoms with Crippen LogP contribution in [0, 0.1) is 0 Å². The van der Waals surface area contributed by atoms with Crippen molar-refractivity contribution in [1.29, 1.82) is 0 Å². The van der Waals surface area contributed by atoms with E-state index in [-0.39, 0.29) is 19.0 Å². The molecule has 1 aromatic rings. The molecule has 1 aromatic carbocycles. The molecule has 0 saturated carbocycles. The van der Waals surface area contributed by atoms with Gasteiger partial charge in [-0.1, -0.05) is 12.1 Å². The maximum absolute atomic E-state index is 12.6. The minimum Gasteiger partial charge on any atom is -0.444 e. The Kier molecular flexibility index (Phi) is 5.29. The molecule has 2 rings (SSSR count). The molecule has 1 saturated heterocycles. The zero-order valence-corrected chi connectivity index (χ0v) is 14.4. The minimum absolute atomic E-state index is 0.102. The molecule has 25 heavy (non-hydrogen) atoms. The molecule has 5 nitrogen and oxygen atoms in total. The van der Waals surface area contributed by atoms with E-state index >= 15 is 0 Å². The van der Waals surface area contributed by atoms with E-state index in [1.807, 2.05) is 0 Å². The maximum atomic E-state index is 12.6. The summed E-state index contributed by atoms with van der Waals surface area (Å²) < 4.78 is 42.9. The van der Waals surface area contributed by atoms with Crippen molar-refractivity contribution in [2.75, 3.05) is 19.6 Å². The Hall–Kier alpha value is -2.25. The molecule has 0 aromatic heterocycles. The van der Waals surface area contributed by atoms with Crippen LogP contribution in [-0.4, -0.2) is 47.0 Å². The quantitative estimate of drug-likeness (QED) is 0.815. The number of amides is 2. The van der Waals surface area contributed by atoms with Crippen molar-refractivity contribution in [2.24, 2.45) is 0 Å². The molecule has 1 aliphatic rings. The summed E-state index contributed by atoms with van der Waals surface area (Å²) in [6.07, 6.45) is -4.93. The summed E-state index contributed by atoms with van der Waals surface area (Å²) in [4.78, 5) is 27.0. The average molecular weight is 358 g/mol. The van der Waals surface area contributed by atoms with Crippen molar-refractivity contribution in [3.63, 3.8) is 0 Å². The number of nitrogens with zero attached hydrogens (tertiary/aromatic N) is 2. The van der Waals surface area contributed by atoms with Gasteiger partial charge in [0.1, 0.15) is 12.1 Å². The van der Waals surface area contributed by atoms with E-state index in [0.29, 0.717) is 18.7 Å². The van der Waals surface area contributed by atoms with E-state index in [9.17, 15) is 22.8 Å². The SMILES string of the molecule is CC(C)(C)OC(=O)N1CCN(Cc2ccc(C(F)(F)F)cc2)C(=O)C1. The van der Waals surface area contributed by atoms with Crippen molar-refractivity contribution in [1.82, 2.24) is 9.80 Å². The van der Waals surface area contributed by atoms with Crippen molar-refractivity contribution >= 4 is 12.0 Å². The van der Waals surface area contributed by atoms with Gasteiger partial charge in [0.15, 0.2) is 0 Å². The summed E-state index contributed by atoms with van der Waals surface area (Å²) in [5.41, 5.74) is -0.762. The smallest absolute Gasteiger partial charge is 0.416 e. The molecule has 0 atom stereocenters. The standard InChI is InChI=1S/C17H21F3N2O3/c1-16(2,3)25-15(24)22-9-8-21(14(23)11-22)10-12-4-6-13(7-5-12)17(18,19)20/h4-7H,8-11H2,1-3H3. The first-order valence-corrected chi connectivity index (χ1v) is 7.87. The molecule has 0 N–H and O–H groups in total. The van der Waals surface area contributed by atoms with Crippen molar-refractivity contribution in [3.8, 4) is 0 Å². The van der Waals surface area contributed by atoms with Gasteiger partial charge in [-0.2, -0.15) is 13.2 Å². The Morgan fingerprint density at radius 3 is 2.20 bits per heavy atom. The Labute approximate surface area is 144 Å². The summed E-state index contributed by atoms with van der Waals surface area (Å²) in [6, 6.07) is 4.71. The first-order chi connectivity index (χ1) is 11.5. The number of halogens is 3. The lowest BCUT2D eigenvalue weighted by atomic mass is 10.1. The van der Waals surface area contributed by atoms with Crippen molar-refractivity contribution in [2.45, 2.75) is 39.1 Å². The van der Waals surface area contributed by atoms with Crippen LogP contribution in [-0.2, 0) is 22.3 Å². The van der Waals surface area contributed by atoms with Gasteiger partial charge in [-0.05, 0) is 38.5 Å². The highest BCUT2D eigenvalue weighted by molar-refractivity contribution is 5.83. The van der Waals surface area contributed by atoms with Crippen LogP contribution in [0.4, 0.5) is 18.0 Å². The fourth-order valence-corrected chi connectivity index (χ4v) is 2.38. The highest BCUT2D eigenvalue weighted by atomic mass is 19.4. The topological polar surface area (TPSA) is 49.9 Å². The van der Waals surface area contributed by atoms with Crippen molar-refractivity contribution in [3.05, 3.63) is 35.4 Å². The second-order valence-corrected chi connectivity index (χ2v) is 6.91. The summed E-state index contributed by atoms with van der Waals surface area (Å²) in [5, 5.41) is 0. The van der Waals surface area contributed by atoms with Gasteiger partial charge in [0.2, 0.25) is 5.91 Å². The minimum atomic E-state index is -4.38. The van der Waals surface area contributed by atoms with Crippen LogP contribution in [0.25, 0.3) is 0 Å². The number of alkyl halides is 3. The fourth-order valence-electron chi connectivity index (χ4n) is 2.38. The molecule has 0 bridgehead atoms. The Balaban J connectivity index is 1.94. The van der Waals surface area contributed by atoms with Gasteiger partial charge in [0.05, 0.1) is 5.56 Å². The van der Waals surface area contributed by atoms with Gasteiger partial charge in [0.25, 0.3) is 0 Å². The first-order valence-electron chi connectivity index (χ1n) is 7.87. The van der Waals surface area contributed by atoms with Crippen LogP contribution in [0.5, 0.6) is 0 Å². The number of rotatable bonds is 2. The zero-order valence-electron chi connectivity index (χ0n) is 14.4. The number of benzene rings is 1. The predicted molar refractivity (Wildman–Crippen MR) is 84.7 cm³/mol. The van der Waals surface area contributed by atoms with Crippen LogP contribution in [0.3, 0.4) is 0 Å². The van der Waals surface area contributed by atoms with Crippen molar-refractivity contribution < 1.29 is 27.5 Å². The molecule has 1 fully saturated rings. The Bertz CT molecular complexity index is 636. The molecule has 1 heterocycles. The van der Waals surface area contributed by atoms with Gasteiger partial charge in [0, 0.05) is 19.6 Å². The summed E-state index contributed by atoms with van der Waals surface area (Å²) in [7, 11) is 0. The van der Waals surface area contributed by atoms with E-state index in [0.717, 1.165) is 12.1 Å². The lowest BCUT2D eigenvalue weighted by molar-refractivity contribution is -0.138. The lowest BCUT2D eigenvalue weighted by Gasteiger charge is -2.35. The van der Waals surface area contributed by atoms with E-state index in [2.05, 4.69) is 0 Å². The van der Waals surface area contributed by atoms with E-state index in [1.54, 1.807) is 20.8 Å².